The zero-order valence-electron chi connectivity index (χ0n) is 10.7. The van der Waals surface area contributed by atoms with E-state index in [-0.39, 0.29) is 0 Å². The number of hydrogen-bond acceptors (Lipinski definition) is 4. The van der Waals surface area contributed by atoms with Crippen molar-refractivity contribution in [3.05, 3.63) is 0 Å². The van der Waals surface area contributed by atoms with Crippen LogP contribution in [0.4, 0.5) is 0 Å². The quantitative estimate of drug-likeness (QED) is 0.191. The van der Waals surface area contributed by atoms with Gasteiger partial charge in [-0.2, -0.15) is 0 Å². The third kappa shape index (κ3) is 21.3. The second kappa shape index (κ2) is 13.8. The van der Waals surface area contributed by atoms with Gasteiger partial charge in [0.2, 0.25) is 0 Å². The predicted molar refractivity (Wildman–Crippen MR) is 102 cm³/mol. The second-order valence-electron chi connectivity index (χ2n) is 3.40. The topological polar surface area (TPSA) is 53.3 Å². The van der Waals surface area contributed by atoms with Gasteiger partial charge in [-0.3, -0.25) is 0 Å². The van der Waals surface area contributed by atoms with Gasteiger partial charge in [-0.1, -0.05) is 24.4 Å². The Morgan fingerprint density at radius 3 is 1.58 bits per heavy atom. The van der Waals surface area contributed by atoms with E-state index < -0.39 is 17.1 Å². The molecule has 0 saturated heterocycles. The maximum absolute atomic E-state index is 5.33. The summed E-state index contributed by atoms with van der Waals surface area (Å²) in [7, 11) is 3.84. The van der Waals surface area contributed by atoms with Crippen LogP contribution in [0, 0.1) is 0 Å². The average molecular weight is 426 g/mol. The van der Waals surface area contributed by atoms with E-state index in [1.165, 1.54) is 0 Å². The first-order chi connectivity index (χ1) is 8.66. The Morgan fingerprint density at radius 1 is 1.05 bits per heavy atom. The first-order valence-electron chi connectivity index (χ1n) is 5.08. The molecule has 0 amide bonds. The summed E-state index contributed by atoms with van der Waals surface area (Å²) in [6.45, 7) is 1.42. The van der Waals surface area contributed by atoms with E-state index in [1.54, 1.807) is 0 Å². The van der Waals surface area contributed by atoms with Crippen molar-refractivity contribution < 1.29 is 17.1 Å². The average Bonchev–Trinajstić information content (AvgIpc) is 2.23. The molecule has 0 aliphatic heterocycles. The van der Waals surface area contributed by atoms with Crippen molar-refractivity contribution in [1.82, 2.24) is 15.5 Å². The molecule has 0 saturated carbocycles. The van der Waals surface area contributed by atoms with E-state index >= 15 is 0 Å². The van der Waals surface area contributed by atoms with Crippen molar-refractivity contribution in [3.8, 4) is 0 Å². The van der Waals surface area contributed by atoms with Crippen molar-refractivity contribution in [3.63, 3.8) is 0 Å². The second-order valence-corrected chi connectivity index (χ2v) is 12.6. The molecule has 4 N–H and O–H groups in total. The van der Waals surface area contributed by atoms with Crippen LogP contribution in [0.5, 0.6) is 0 Å². The SMILES string of the molecule is CN(C)[C](=S)[Zn][C](N)=S.S=C(S)NCCNC(=S)S. The molecule has 0 unspecified atom stereocenters. The third-order valence-corrected chi connectivity index (χ3v) is 6.66. The Morgan fingerprint density at radius 2 is 1.42 bits per heavy atom. The van der Waals surface area contributed by atoms with Gasteiger partial charge in [0.15, 0.2) is 0 Å². The van der Waals surface area contributed by atoms with Gasteiger partial charge >= 0.3 is 73.5 Å². The summed E-state index contributed by atoms with van der Waals surface area (Å²) in [6, 6.07) is 0. The normalized spacial score (nSPS) is 8.21. The summed E-state index contributed by atoms with van der Waals surface area (Å²) in [5.41, 5.74) is 5.33. The number of rotatable bonds is 5. The molecule has 0 aliphatic carbocycles. The Labute approximate surface area is 154 Å². The van der Waals surface area contributed by atoms with Crippen molar-refractivity contribution in [2.45, 2.75) is 0 Å². The minimum absolute atomic E-state index is 0.492. The van der Waals surface area contributed by atoms with E-state index in [0.717, 1.165) is 3.58 Å². The molecule has 0 spiro atoms. The number of nitrogens with zero attached hydrogens (tertiary/aromatic N) is 1. The molecule has 106 valence electrons. The fourth-order valence-electron chi connectivity index (χ4n) is 0.646. The fraction of sp³-hybridized carbons (Fsp3) is 0.500. The van der Waals surface area contributed by atoms with Gasteiger partial charge in [-0.15, -0.1) is 25.3 Å². The van der Waals surface area contributed by atoms with E-state index in [1.807, 2.05) is 19.0 Å². The fourth-order valence-corrected chi connectivity index (χ4v) is 4.36. The maximum Gasteiger partial charge on any atom is 0.130 e. The Hall–Kier alpha value is 0.883. The molecule has 0 bridgehead atoms. The van der Waals surface area contributed by atoms with Gasteiger partial charge < -0.3 is 10.6 Å². The van der Waals surface area contributed by atoms with Gasteiger partial charge in [-0.05, 0) is 0 Å². The Balaban J connectivity index is 0. The molecular formula is C8H16N4S6Zn. The summed E-state index contributed by atoms with van der Waals surface area (Å²) in [6.07, 6.45) is 0. The molecule has 0 aromatic rings. The third-order valence-electron chi connectivity index (χ3n) is 1.50. The summed E-state index contributed by atoms with van der Waals surface area (Å²) in [4.78, 5) is 1.91. The zero-order chi connectivity index (χ0) is 15.4. The Kier molecular flexibility index (Phi) is 16.2. The number of nitrogens with one attached hydrogen (secondary N) is 2. The molecule has 11 heteroatoms. The van der Waals surface area contributed by atoms with Gasteiger partial charge in [0, 0.05) is 13.1 Å². The van der Waals surface area contributed by atoms with Crippen LogP contribution in [0.1, 0.15) is 0 Å². The zero-order valence-corrected chi connectivity index (χ0v) is 18.7. The van der Waals surface area contributed by atoms with Crippen LogP contribution in [0.25, 0.3) is 0 Å². The van der Waals surface area contributed by atoms with Gasteiger partial charge in [-0.25, -0.2) is 0 Å². The number of thiocarbonyl (C=S) groups is 4. The maximum atomic E-state index is 5.33. The molecule has 0 aromatic heterocycles. The molecular weight excluding hydrogens is 410 g/mol. The summed E-state index contributed by atoms with van der Waals surface area (Å²) < 4.78 is 2.59. The molecule has 19 heavy (non-hydrogen) atoms. The molecule has 0 heterocycles. The molecule has 0 aliphatic rings. The van der Waals surface area contributed by atoms with E-state index in [0.29, 0.717) is 25.3 Å². The first kappa shape index (κ1) is 22.2. The largest absolute Gasteiger partial charge is 0.369 e. The molecule has 0 atom stereocenters. The molecule has 0 aromatic carbocycles. The molecule has 0 radical (unpaired) electrons. The van der Waals surface area contributed by atoms with Crippen LogP contribution < -0.4 is 16.4 Å². The smallest absolute Gasteiger partial charge is 0.130 e. The van der Waals surface area contributed by atoms with Gasteiger partial charge in [0.25, 0.3) is 0 Å². The monoisotopic (exact) mass is 424 g/mol. The minimum atomic E-state index is -1.01. The van der Waals surface area contributed by atoms with Crippen molar-refractivity contribution in [2.24, 2.45) is 5.73 Å². The number of nitrogens with two attached hydrogens (primary N) is 1. The summed E-state index contributed by atoms with van der Waals surface area (Å²) in [5, 5.41) is 5.68. The number of thiol groups is 2. The summed E-state index contributed by atoms with van der Waals surface area (Å²) >= 11 is 25.7. The van der Waals surface area contributed by atoms with Crippen molar-refractivity contribution in [1.29, 1.82) is 0 Å². The molecule has 4 nitrogen and oxygen atoms in total. The van der Waals surface area contributed by atoms with Crippen LogP contribution in [0.15, 0.2) is 0 Å². The predicted octanol–water partition coefficient (Wildman–Crippen LogP) is 0.754. The van der Waals surface area contributed by atoms with Gasteiger partial charge in [0.1, 0.15) is 8.64 Å². The van der Waals surface area contributed by atoms with E-state index in [4.69, 9.17) is 30.2 Å². The summed E-state index contributed by atoms with van der Waals surface area (Å²) in [5.74, 6) is 0. The molecule has 0 fully saturated rings. The van der Waals surface area contributed by atoms with Crippen LogP contribution in [-0.4, -0.2) is 47.9 Å². The van der Waals surface area contributed by atoms with Crippen molar-refractivity contribution >= 4 is 89.9 Å². The number of hydrogen-bond donors (Lipinski definition) is 5. The minimum Gasteiger partial charge on any atom is -0.369 e. The Bertz CT molecular complexity index is 319. The van der Waals surface area contributed by atoms with Crippen LogP contribution >= 0.6 is 74.1 Å². The van der Waals surface area contributed by atoms with E-state index in [9.17, 15) is 0 Å². The standard InChI is InChI=1S/C4H8N2S4.C3H6NS.CH2NS.Zn/c7-3(8)5-1-2-6-4(9)10;1-4(2)3-5;2-1-3;/h1-2H2,(H2,5,7,8)(H2,6,9,10);1-2H3;(H2,2,3);. The van der Waals surface area contributed by atoms with Crippen LogP contribution in [0.3, 0.4) is 0 Å². The van der Waals surface area contributed by atoms with Crippen molar-refractivity contribution in [2.75, 3.05) is 27.2 Å². The first-order valence-corrected chi connectivity index (χ1v) is 10.6. The molecule has 0 rings (SSSR count). The van der Waals surface area contributed by atoms with Gasteiger partial charge in [0.05, 0.1) is 0 Å². The van der Waals surface area contributed by atoms with Crippen LogP contribution in [0.2, 0.25) is 0 Å². The van der Waals surface area contributed by atoms with Crippen LogP contribution in [-0.2, 0) is 17.1 Å². The van der Waals surface area contributed by atoms with E-state index in [2.05, 4.69) is 60.3 Å².